The minimum Gasteiger partial charge on any atom is -0.495 e. The van der Waals surface area contributed by atoms with Gasteiger partial charge in [0.25, 0.3) is 15.9 Å². The summed E-state index contributed by atoms with van der Waals surface area (Å²) >= 11 is 0. The summed E-state index contributed by atoms with van der Waals surface area (Å²) < 4.78 is 38.2. The molecule has 0 radical (unpaired) electrons. The average molecular weight is 348 g/mol. The topological polar surface area (TPSA) is 93.7 Å². The van der Waals surface area contributed by atoms with Gasteiger partial charge in [0.1, 0.15) is 16.4 Å². The number of rotatable bonds is 4. The van der Waals surface area contributed by atoms with Gasteiger partial charge in [-0.3, -0.25) is 9.52 Å². The Labute approximate surface area is 139 Å². The number of benzene rings is 2. The molecule has 2 aromatic carbocycles. The number of amides is 1. The van der Waals surface area contributed by atoms with Crippen LogP contribution in [-0.2, 0) is 14.8 Å². The zero-order valence-electron chi connectivity index (χ0n) is 13.1. The molecule has 0 fully saturated rings. The largest absolute Gasteiger partial charge is 0.495 e. The highest BCUT2D eigenvalue weighted by Gasteiger charge is 2.22. The molecule has 0 saturated carbocycles. The van der Waals surface area contributed by atoms with E-state index >= 15 is 0 Å². The number of carbonyl (C=O) groups excluding carboxylic acids is 1. The van der Waals surface area contributed by atoms with Crippen LogP contribution in [0.2, 0.25) is 0 Å². The number of fused-ring (bicyclic) bond motifs is 1. The number of methoxy groups -OCH3 is 1. The molecule has 0 unspecified atom stereocenters. The van der Waals surface area contributed by atoms with Gasteiger partial charge in [-0.15, -0.1) is 0 Å². The molecule has 126 valence electrons. The first kappa shape index (κ1) is 16.1. The fourth-order valence-electron chi connectivity index (χ4n) is 2.34. The van der Waals surface area contributed by atoms with Gasteiger partial charge in [0.15, 0.2) is 6.61 Å². The summed E-state index contributed by atoms with van der Waals surface area (Å²) in [5, 5.41) is 2.65. The highest BCUT2D eigenvalue weighted by Crippen LogP contribution is 2.32. The number of aryl methyl sites for hydroxylation is 1. The third kappa shape index (κ3) is 3.13. The second-order valence-corrected chi connectivity index (χ2v) is 6.96. The molecular formula is C16H16N2O5S. The molecular weight excluding hydrogens is 332 g/mol. The van der Waals surface area contributed by atoms with Crippen molar-refractivity contribution < 1.29 is 22.7 Å². The predicted octanol–water partition coefficient (Wildman–Crippen LogP) is 2.14. The first-order valence-electron chi connectivity index (χ1n) is 7.13. The monoisotopic (exact) mass is 348 g/mol. The third-order valence-electron chi connectivity index (χ3n) is 3.48. The van der Waals surface area contributed by atoms with Crippen LogP contribution in [0.15, 0.2) is 41.3 Å². The van der Waals surface area contributed by atoms with Crippen LogP contribution in [0.4, 0.5) is 11.4 Å². The number of sulfonamides is 1. The van der Waals surface area contributed by atoms with Crippen molar-refractivity contribution in [2.75, 3.05) is 23.8 Å². The van der Waals surface area contributed by atoms with E-state index in [1.54, 1.807) is 31.2 Å². The molecule has 0 bridgehead atoms. The molecule has 7 nitrogen and oxygen atoms in total. The normalized spacial score (nSPS) is 13.5. The van der Waals surface area contributed by atoms with E-state index in [2.05, 4.69) is 10.0 Å². The Hall–Kier alpha value is -2.74. The second-order valence-electron chi connectivity index (χ2n) is 5.31. The first-order chi connectivity index (χ1) is 11.4. The third-order valence-corrected chi connectivity index (χ3v) is 4.88. The van der Waals surface area contributed by atoms with Gasteiger partial charge < -0.3 is 14.8 Å². The number of ether oxygens (including phenoxy) is 2. The van der Waals surface area contributed by atoms with Crippen LogP contribution in [0.1, 0.15) is 5.56 Å². The number of anilines is 2. The molecule has 3 rings (SSSR count). The lowest BCUT2D eigenvalue weighted by Gasteiger charge is -2.19. The minimum absolute atomic E-state index is 0.0527. The van der Waals surface area contributed by atoms with E-state index in [1.165, 1.54) is 19.2 Å². The minimum atomic E-state index is -3.83. The van der Waals surface area contributed by atoms with Crippen molar-refractivity contribution in [1.29, 1.82) is 0 Å². The Morgan fingerprint density at radius 2 is 2.00 bits per heavy atom. The van der Waals surface area contributed by atoms with Crippen molar-refractivity contribution in [1.82, 2.24) is 0 Å². The van der Waals surface area contributed by atoms with Gasteiger partial charge in [0, 0.05) is 6.07 Å². The van der Waals surface area contributed by atoms with Crippen molar-refractivity contribution in [3.05, 3.63) is 42.0 Å². The summed E-state index contributed by atoms with van der Waals surface area (Å²) in [6.45, 7) is 1.70. The van der Waals surface area contributed by atoms with Gasteiger partial charge >= 0.3 is 0 Å². The molecule has 1 aliphatic rings. The highest BCUT2D eigenvalue weighted by molar-refractivity contribution is 7.92. The van der Waals surface area contributed by atoms with Crippen LogP contribution in [0.25, 0.3) is 0 Å². The van der Waals surface area contributed by atoms with Gasteiger partial charge in [-0.05, 0) is 36.8 Å². The summed E-state index contributed by atoms with van der Waals surface area (Å²) in [6, 6.07) is 9.57. The maximum absolute atomic E-state index is 12.7. The van der Waals surface area contributed by atoms with Crippen molar-refractivity contribution in [3.8, 4) is 11.5 Å². The van der Waals surface area contributed by atoms with Crippen LogP contribution >= 0.6 is 0 Å². The number of hydrogen-bond donors (Lipinski definition) is 2. The van der Waals surface area contributed by atoms with Crippen molar-refractivity contribution in [2.24, 2.45) is 0 Å². The summed E-state index contributed by atoms with van der Waals surface area (Å²) in [4.78, 5) is 11.3. The number of hydrogen-bond acceptors (Lipinski definition) is 5. The maximum Gasteiger partial charge on any atom is 0.265 e. The van der Waals surface area contributed by atoms with Gasteiger partial charge in [-0.1, -0.05) is 6.07 Å². The fourth-order valence-corrected chi connectivity index (χ4v) is 3.65. The summed E-state index contributed by atoms with van der Waals surface area (Å²) in [5.74, 6) is 0.418. The molecule has 2 aromatic rings. The Kier molecular flexibility index (Phi) is 4.06. The van der Waals surface area contributed by atoms with E-state index in [-0.39, 0.29) is 23.2 Å². The zero-order chi connectivity index (χ0) is 17.3. The lowest BCUT2D eigenvalue weighted by Crippen LogP contribution is -2.25. The number of nitrogens with one attached hydrogen (secondary N) is 2. The van der Waals surface area contributed by atoms with Gasteiger partial charge in [0.05, 0.1) is 18.5 Å². The molecule has 0 atom stereocenters. The summed E-state index contributed by atoms with van der Waals surface area (Å²) in [7, 11) is -2.42. The molecule has 0 aromatic heterocycles. The van der Waals surface area contributed by atoms with Crippen molar-refractivity contribution >= 4 is 27.3 Å². The summed E-state index contributed by atoms with van der Waals surface area (Å²) in [6.07, 6.45) is 0. The van der Waals surface area contributed by atoms with E-state index in [1.807, 2.05) is 0 Å². The van der Waals surface area contributed by atoms with Gasteiger partial charge in [0.2, 0.25) is 0 Å². The molecule has 1 amide bonds. The van der Waals surface area contributed by atoms with Crippen LogP contribution in [0, 0.1) is 6.92 Å². The van der Waals surface area contributed by atoms with Crippen LogP contribution in [0.3, 0.4) is 0 Å². The SMILES string of the molecule is COc1ccc(C)cc1S(=O)(=O)Nc1ccc2c(c1)OCC(=O)N2. The average Bonchev–Trinajstić information content (AvgIpc) is 2.54. The molecule has 0 spiro atoms. The lowest BCUT2D eigenvalue weighted by molar-refractivity contribution is -0.118. The molecule has 2 N–H and O–H groups in total. The lowest BCUT2D eigenvalue weighted by atomic mass is 10.2. The Morgan fingerprint density at radius 3 is 2.75 bits per heavy atom. The Bertz CT molecular complexity index is 909. The standard InChI is InChI=1S/C16H16N2O5S/c1-10-3-6-13(22-2)15(7-10)24(20,21)18-11-4-5-12-14(8-11)23-9-16(19)17-12/h3-8,18H,9H2,1-2H3,(H,17,19). The quantitative estimate of drug-likeness (QED) is 0.883. The van der Waals surface area contributed by atoms with E-state index < -0.39 is 10.0 Å². The fraction of sp³-hybridized carbons (Fsp3) is 0.188. The molecule has 0 saturated heterocycles. The highest BCUT2D eigenvalue weighted by atomic mass is 32.2. The van der Waals surface area contributed by atoms with Gasteiger partial charge in [-0.2, -0.15) is 0 Å². The van der Waals surface area contributed by atoms with Crippen LogP contribution in [-0.4, -0.2) is 28.0 Å². The molecule has 0 aliphatic carbocycles. The van der Waals surface area contributed by atoms with Crippen molar-refractivity contribution in [3.63, 3.8) is 0 Å². The van der Waals surface area contributed by atoms with Crippen molar-refractivity contribution in [2.45, 2.75) is 11.8 Å². The molecule has 24 heavy (non-hydrogen) atoms. The second kappa shape index (κ2) is 6.04. The Balaban J connectivity index is 1.93. The Morgan fingerprint density at radius 1 is 1.21 bits per heavy atom. The van der Waals surface area contributed by atoms with E-state index in [0.29, 0.717) is 17.1 Å². The van der Waals surface area contributed by atoms with E-state index in [9.17, 15) is 13.2 Å². The van der Waals surface area contributed by atoms with Crippen LogP contribution in [0.5, 0.6) is 11.5 Å². The van der Waals surface area contributed by atoms with E-state index in [4.69, 9.17) is 9.47 Å². The van der Waals surface area contributed by atoms with Gasteiger partial charge in [-0.25, -0.2) is 8.42 Å². The summed E-state index contributed by atoms with van der Waals surface area (Å²) in [5.41, 5.74) is 1.63. The zero-order valence-corrected chi connectivity index (χ0v) is 13.9. The van der Waals surface area contributed by atoms with Crippen LogP contribution < -0.4 is 19.5 Å². The number of carbonyl (C=O) groups is 1. The molecule has 1 heterocycles. The molecule has 1 aliphatic heterocycles. The first-order valence-corrected chi connectivity index (χ1v) is 8.61. The predicted molar refractivity (Wildman–Crippen MR) is 89.1 cm³/mol. The molecule has 8 heteroatoms. The maximum atomic E-state index is 12.7. The van der Waals surface area contributed by atoms with E-state index in [0.717, 1.165) is 5.56 Å². The smallest absolute Gasteiger partial charge is 0.265 e.